The number of rotatable bonds is 7. The first kappa shape index (κ1) is 17.5. The van der Waals surface area contributed by atoms with E-state index in [0.29, 0.717) is 5.92 Å². The van der Waals surface area contributed by atoms with E-state index in [1.54, 1.807) is 0 Å². The minimum Gasteiger partial charge on any atom is -0.242 e. The summed E-state index contributed by atoms with van der Waals surface area (Å²) in [6.07, 6.45) is 10.8. The smallest absolute Gasteiger partial charge is 0.128 e. The van der Waals surface area contributed by atoms with Crippen molar-refractivity contribution in [3.63, 3.8) is 0 Å². The molecule has 1 aliphatic rings. The van der Waals surface area contributed by atoms with Gasteiger partial charge in [0.1, 0.15) is 6.17 Å². The molecule has 0 aromatic carbocycles. The predicted molar refractivity (Wildman–Crippen MR) is 87.6 cm³/mol. The van der Waals surface area contributed by atoms with Crippen molar-refractivity contribution in [1.82, 2.24) is 0 Å². The van der Waals surface area contributed by atoms with E-state index in [-0.39, 0.29) is 10.8 Å². The molecule has 0 N–H and O–H groups in total. The zero-order chi connectivity index (χ0) is 15.4. The molecule has 0 bridgehead atoms. The van der Waals surface area contributed by atoms with Crippen LogP contribution in [0.2, 0.25) is 0 Å². The molecule has 116 valence electrons. The summed E-state index contributed by atoms with van der Waals surface area (Å²) in [5.74, 6) is 0.626. The summed E-state index contributed by atoms with van der Waals surface area (Å²) in [6, 6.07) is 0. The molecule has 1 aliphatic carbocycles. The summed E-state index contributed by atoms with van der Waals surface area (Å²) in [5.41, 5.74) is 0.997. The molecular formula is C19H33F. The van der Waals surface area contributed by atoms with Crippen LogP contribution in [0.4, 0.5) is 4.39 Å². The van der Waals surface area contributed by atoms with Crippen LogP contribution in [0.5, 0.6) is 0 Å². The average molecular weight is 280 g/mol. The normalized spacial score (nSPS) is 27.0. The van der Waals surface area contributed by atoms with Gasteiger partial charge in [0.25, 0.3) is 0 Å². The second-order valence-corrected chi connectivity index (χ2v) is 7.02. The van der Waals surface area contributed by atoms with Gasteiger partial charge in [0.2, 0.25) is 0 Å². The molecule has 0 nitrogen and oxygen atoms in total. The van der Waals surface area contributed by atoms with Crippen molar-refractivity contribution in [3.05, 3.63) is 23.8 Å². The highest BCUT2D eigenvalue weighted by Crippen LogP contribution is 2.44. The molecule has 1 heteroatoms. The van der Waals surface area contributed by atoms with Crippen LogP contribution < -0.4 is 0 Å². The number of allylic oxidation sites excluding steroid dienone is 4. The van der Waals surface area contributed by atoms with E-state index < -0.39 is 6.17 Å². The second-order valence-electron chi connectivity index (χ2n) is 7.02. The first-order chi connectivity index (χ1) is 9.35. The largest absolute Gasteiger partial charge is 0.242 e. The Labute approximate surface area is 125 Å². The lowest BCUT2D eigenvalue weighted by Crippen LogP contribution is -2.32. The minimum atomic E-state index is -0.847. The lowest BCUT2D eigenvalue weighted by Gasteiger charge is -2.38. The number of halogens is 1. The Hall–Kier alpha value is -0.590. The molecule has 20 heavy (non-hydrogen) atoms. The van der Waals surface area contributed by atoms with E-state index >= 15 is 0 Å². The fraction of sp³-hybridized carbons (Fsp3) is 0.789. The Morgan fingerprint density at radius 1 is 1.20 bits per heavy atom. The van der Waals surface area contributed by atoms with Gasteiger partial charge >= 0.3 is 0 Å². The molecule has 0 saturated carbocycles. The summed E-state index contributed by atoms with van der Waals surface area (Å²) < 4.78 is 14.8. The molecule has 1 rings (SSSR count). The van der Waals surface area contributed by atoms with Crippen molar-refractivity contribution in [2.75, 3.05) is 0 Å². The first-order valence-electron chi connectivity index (χ1n) is 8.40. The maximum atomic E-state index is 14.8. The van der Waals surface area contributed by atoms with Gasteiger partial charge in [-0.2, -0.15) is 0 Å². The van der Waals surface area contributed by atoms with Crippen molar-refractivity contribution in [2.45, 2.75) is 79.8 Å². The molecule has 0 fully saturated rings. The maximum absolute atomic E-state index is 14.8. The summed E-state index contributed by atoms with van der Waals surface area (Å²) in [7, 11) is 0. The second kappa shape index (κ2) is 6.91. The van der Waals surface area contributed by atoms with Gasteiger partial charge < -0.3 is 0 Å². The van der Waals surface area contributed by atoms with Crippen molar-refractivity contribution in [2.24, 2.45) is 16.7 Å². The third kappa shape index (κ3) is 3.54. The third-order valence-corrected chi connectivity index (χ3v) is 5.74. The Bertz CT molecular complexity index is 358. The number of alkyl halides is 1. The van der Waals surface area contributed by atoms with E-state index in [9.17, 15) is 4.39 Å². The summed E-state index contributed by atoms with van der Waals surface area (Å²) in [4.78, 5) is 0. The van der Waals surface area contributed by atoms with E-state index in [1.165, 1.54) is 5.57 Å². The molecule has 2 atom stereocenters. The Morgan fingerprint density at radius 3 is 2.15 bits per heavy atom. The van der Waals surface area contributed by atoms with Crippen LogP contribution in [0, 0.1) is 16.7 Å². The SMILES string of the molecule is CCC(CC)CC1(C)C=CC(C(C)(CC)CC)=CC1F. The number of hydrogen-bond donors (Lipinski definition) is 0. The van der Waals surface area contributed by atoms with Crippen LogP contribution in [0.1, 0.15) is 73.6 Å². The Kier molecular flexibility index (Phi) is 6.04. The van der Waals surface area contributed by atoms with Gasteiger partial charge in [0.15, 0.2) is 0 Å². The highest BCUT2D eigenvalue weighted by atomic mass is 19.1. The van der Waals surface area contributed by atoms with Gasteiger partial charge in [-0.25, -0.2) is 4.39 Å². The molecule has 0 spiro atoms. The summed E-state index contributed by atoms with van der Waals surface area (Å²) >= 11 is 0. The molecule has 0 amide bonds. The summed E-state index contributed by atoms with van der Waals surface area (Å²) in [6.45, 7) is 13.1. The van der Waals surface area contributed by atoms with Gasteiger partial charge in [0, 0.05) is 5.41 Å². The standard InChI is InChI=1S/C19H33F/c1-7-15(8-2)14-19(6)12-11-16(13-17(19)20)18(5,9-3)10-4/h11-13,15,17H,7-10,14H2,1-6H3. The van der Waals surface area contributed by atoms with E-state index in [4.69, 9.17) is 0 Å². The van der Waals surface area contributed by atoms with Crippen LogP contribution in [-0.4, -0.2) is 6.17 Å². The summed E-state index contributed by atoms with van der Waals surface area (Å²) in [5, 5.41) is 0. The quantitative estimate of drug-likeness (QED) is 0.500. The van der Waals surface area contributed by atoms with Crippen LogP contribution in [-0.2, 0) is 0 Å². The molecule has 0 aromatic rings. The molecule has 0 saturated heterocycles. The van der Waals surface area contributed by atoms with Crippen molar-refractivity contribution in [3.8, 4) is 0 Å². The number of hydrogen-bond acceptors (Lipinski definition) is 0. The maximum Gasteiger partial charge on any atom is 0.128 e. The molecule has 0 aromatic heterocycles. The highest BCUT2D eigenvalue weighted by Gasteiger charge is 2.37. The average Bonchev–Trinajstić information content (AvgIpc) is 2.47. The van der Waals surface area contributed by atoms with Crippen LogP contribution in [0.3, 0.4) is 0 Å². The van der Waals surface area contributed by atoms with Crippen molar-refractivity contribution in [1.29, 1.82) is 0 Å². The van der Waals surface area contributed by atoms with E-state index in [2.05, 4.69) is 53.7 Å². The van der Waals surface area contributed by atoms with Gasteiger partial charge in [0.05, 0.1) is 0 Å². The molecule has 0 radical (unpaired) electrons. The predicted octanol–water partition coefficient (Wildman–Crippen LogP) is 6.48. The van der Waals surface area contributed by atoms with Gasteiger partial charge in [-0.05, 0) is 42.2 Å². The fourth-order valence-corrected chi connectivity index (χ4v) is 3.22. The van der Waals surface area contributed by atoms with Crippen molar-refractivity contribution < 1.29 is 4.39 Å². The zero-order valence-electron chi connectivity index (χ0n) is 14.3. The van der Waals surface area contributed by atoms with Gasteiger partial charge in [-0.15, -0.1) is 0 Å². The van der Waals surface area contributed by atoms with Crippen LogP contribution >= 0.6 is 0 Å². The Balaban J connectivity index is 2.91. The van der Waals surface area contributed by atoms with E-state index in [1.807, 2.05) is 6.08 Å². The van der Waals surface area contributed by atoms with Gasteiger partial charge in [-0.3, -0.25) is 0 Å². The minimum absolute atomic E-state index is 0.122. The van der Waals surface area contributed by atoms with Crippen molar-refractivity contribution >= 4 is 0 Å². The van der Waals surface area contributed by atoms with Crippen LogP contribution in [0.15, 0.2) is 23.8 Å². The lowest BCUT2D eigenvalue weighted by molar-refractivity contribution is 0.167. The van der Waals surface area contributed by atoms with E-state index in [0.717, 1.165) is 32.1 Å². The fourth-order valence-electron chi connectivity index (χ4n) is 3.22. The van der Waals surface area contributed by atoms with Crippen LogP contribution in [0.25, 0.3) is 0 Å². The lowest BCUT2D eigenvalue weighted by atomic mass is 9.68. The molecule has 2 unspecified atom stereocenters. The van der Waals surface area contributed by atoms with Gasteiger partial charge in [-0.1, -0.05) is 66.5 Å². The Morgan fingerprint density at radius 2 is 1.75 bits per heavy atom. The first-order valence-corrected chi connectivity index (χ1v) is 8.40. The highest BCUT2D eigenvalue weighted by molar-refractivity contribution is 5.34. The molecule has 0 aliphatic heterocycles. The zero-order valence-corrected chi connectivity index (χ0v) is 14.3. The molecular weight excluding hydrogens is 247 g/mol. The topological polar surface area (TPSA) is 0 Å². The molecule has 0 heterocycles. The monoisotopic (exact) mass is 280 g/mol. The third-order valence-electron chi connectivity index (χ3n) is 5.74.